The van der Waals surface area contributed by atoms with Crippen LogP contribution in [0.15, 0.2) is 30.3 Å². The maximum Gasteiger partial charge on any atom is 0.410 e. The van der Waals surface area contributed by atoms with Crippen molar-refractivity contribution in [3.63, 3.8) is 0 Å². The molecule has 1 aliphatic carbocycles. The van der Waals surface area contributed by atoms with Gasteiger partial charge in [0.15, 0.2) is 0 Å². The van der Waals surface area contributed by atoms with Crippen LogP contribution < -0.4 is 0 Å². The number of hydrogen-bond donors (Lipinski definition) is 1. The molecule has 3 rings (SSSR count). The van der Waals surface area contributed by atoms with Gasteiger partial charge in [0.2, 0.25) is 0 Å². The van der Waals surface area contributed by atoms with Gasteiger partial charge in [0.05, 0.1) is 5.92 Å². The van der Waals surface area contributed by atoms with Gasteiger partial charge in [-0.25, -0.2) is 13.6 Å². The molecule has 3 atom stereocenters. The van der Waals surface area contributed by atoms with Crippen molar-refractivity contribution in [1.29, 1.82) is 0 Å². The molecule has 0 radical (unpaired) electrons. The molecule has 2 aliphatic rings. The highest BCUT2D eigenvalue weighted by atomic mass is 19.3. The van der Waals surface area contributed by atoms with Crippen LogP contribution in [0.2, 0.25) is 0 Å². The van der Waals surface area contributed by atoms with E-state index in [1.807, 2.05) is 30.3 Å². The normalized spacial score (nSPS) is 28.2. The average molecular weight is 339 g/mol. The van der Waals surface area contributed by atoms with Crippen molar-refractivity contribution in [3.05, 3.63) is 35.9 Å². The molecule has 1 amide bonds. The minimum atomic E-state index is -2.93. The van der Waals surface area contributed by atoms with Gasteiger partial charge < -0.3 is 14.7 Å². The first-order chi connectivity index (χ1) is 11.4. The summed E-state index contributed by atoms with van der Waals surface area (Å²) in [5.74, 6) is -6.99. The molecule has 1 aliphatic heterocycles. The number of benzene rings is 1. The van der Waals surface area contributed by atoms with Crippen LogP contribution in [0.1, 0.15) is 18.4 Å². The first kappa shape index (κ1) is 16.7. The number of carboxylic acid groups (broad SMARTS) is 1. The van der Waals surface area contributed by atoms with E-state index in [0.29, 0.717) is 0 Å². The molecule has 1 saturated carbocycles. The van der Waals surface area contributed by atoms with Gasteiger partial charge in [-0.1, -0.05) is 30.3 Å². The second-order valence-corrected chi connectivity index (χ2v) is 6.52. The van der Waals surface area contributed by atoms with Gasteiger partial charge in [-0.3, -0.25) is 4.79 Å². The number of piperidine rings is 1. The third kappa shape index (κ3) is 3.20. The molecule has 130 valence electrons. The van der Waals surface area contributed by atoms with Crippen molar-refractivity contribution in [3.8, 4) is 0 Å². The van der Waals surface area contributed by atoms with E-state index in [-0.39, 0.29) is 32.5 Å². The summed E-state index contributed by atoms with van der Waals surface area (Å²) in [7, 11) is 0. The number of carboxylic acids is 1. The Morgan fingerprint density at radius 3 is 2.29 bits per heavy atom. The number of rotatable bonds is 3. The standard InChI is InChI=1S/C17H19F2NO4/c18-17(19)13-6-12(15(21)22)7-14(17)9-20(8-13)16(23)24-10-11-4-2-1-3-5-11/h1-5,12-14H,6-10H2,(H,21,22)/t12?,13-,14+. The fourth-order valence-corrected chi connectivity index (χ4v) is 3.59. The number of carbonyl (C=O) groups is 2. The highest BCUT2D eigenvalue weighted by Crippen LogP contribution is 2.48. The lowest BCUT2D eigenvalue weighted by molar-refractivity contribution is -0.185. The Hall–Kier alpha value is -2.18. The lowest BCUT2D eigenvalue weighted by Crippen LogP contribution is -2.59. The monoisotopic (exact) mass is 339 g/mol. The van der Waals surface area contributed by atoms with E-state index in [1.54, 1.807) is 0 Å². The fourth-order valence-electron chi connectivity index (χ4n) is 3.59. The predicted molar refractivity (Wildman–Crippen MR) is 80.5 cm³/mol. The van der Waals surface area contributed by atoms with Crippen molar-refractivity contribution in [2.24, 2.45) is 17.8 Å². The molecule has 1 saturated heterocycles. The molecule has 1 unspecified atom stereocenters. The molecule has 7 heteroatoms. The third-order valence-corrected chi connectivity index (χ3v) is 4.92. The number of ether oxygens (including phenoxy) is 1. The highest BCUT2D eigenvalue weighted by Gasteiger charge is 2.57. The van der Waals surface area contributed by atoms with E-state index in [0.717, 1.165) is 5.56 Å². The maximum atomic E-state index is 14.3. The zero-order valence-corrected chi connectivity index (χ0v) is 13.0. The molecular weight excluding hydrogens is 320 g/mol. The van der Waals surface area contributed by atoms with E-state index in [1.165, 1.54) is 4.90 Å². The second kappa shape index (κ2) is 6.37. The third-order valence-electron chi connectivity index (χ3n) is 4.92. The number of amides is 1. The lowest BCUT2D eigenvalue weighted by Gasteiger charge is -2.48. The largest absolute Gasteiger partial charge is 0.481 e. The fraction of sp³-hybridized carbons (Fsp3) is 0.529. The first-order valence-corrected chi connectivity index (χ1v) is 7.94. The number of fused-ring (bicyclic) bond motifs is 2. The van der Waals surface area contributed by atoms with E-state index < -0.39 is 35.7 Å². The molecule has 0 aromatic heterocycles. The molecule has 0 spiro atoms. The molecule has 2 bridgehead atoms. The van der Waals surface area contributed by atoms with Crippen LogP contribution in [0.3, 0.4) is 0 Å². The Balaban J connectivity index is 1.63. The summed E-state index contributed by atoms with van der Waals surface area (Å²) >= 11 is 0. The summed E-state index contributed by atoms with van der Waals surface area (Å²) in [6, 6.07) is 9.11. The Labute approximate surface area is 138 Å². The number of hydrogen-bond acceptors (Lipinski definition) is 3. The molecular formula is C17H19F2NO4. The quantitative estimate of drug-likeness (QED) is 0.919. The Kier molecular flexibility index (Phi) is 4.43. The summed E-state index contributed by atoms with van der Waals surface area (Å²) in [5, 5.41) is 9.10. The number of aliphatic carboxylic acids is 1. The average Bonchev–Trinajstić information content (AvgIpc) is 2.52. The van der Waals surface area contributed by atoms with Gasteiger partial charge in [-0.2, -0.15) is 0 Å². The van der Waals surface area contributed by atoms with Crippen LogP contribution in [0.5, 0.6) is 0 Å². The number of alkyl halides is 2. The number of carbonyl (C=O) groups excluding carboxylic acids is 1. The van der Waals surface area contributed by atoms with Gasteiger partial charge in [0.25, 0.3) is 5.92 Å². The van der Waals surface area contributed by atoms with Crippen LogP contribution in [0.25, 0.3) is 0 Å². The molecule has 1 aromatic carbocycles. The second-order valence-electron chi connectivity index (χ2n) is 6.52. The molecule has 2 fully saturated rings. The summed E-state index contributed by atoms with van der Waals surface area (Å²) in [5.41, 5.74) is 0.819. The van der Waals surface area contributed by atoms with Gasteiger partial charge >= 0.3 is 12.1 Å². The van der Waals surface area contributed by atoms with Crippen molar-refractivity contribution in [2.75, 3.05) is 13.1 Å². The topological polar surface area (TPSA) is 66.8 Å². The predicted octanol–water partition coefficient (Wildman–Crippen LogP) is 3.00. The van der Waals surface area contributed by atoms with Crippen molar-refractivity contribution >= 4 is 12.1 Å². The Bertz CT molecular complexity index is 604. The SMILES string of the molecule is O=C(O)C1C[C@@H]2CN(C(=O)OCc3ccccc3)C[C@H](C1)C2(F)F. The van der Waals surface area contributed by atoms with Gasteiger partial charge in [0, 0.05) is 24.9 Å². The van der Waals surface area contributed by atoms with Crippen LogP contribution in [-0.4, -0.2) is 41.1 Å². The molecule has 1 aromatic rings. The van der Waals surface area contributed by atoms with E-state index >= 15 is 0 Å². The smallest absolute Gasteiger partial charge is 0.410 e. The van der Waals surface area contributed by atoms with Gasteiger partial charge in [0.1, 0.15) is 6.61 Å². The maximum absolute atomic E-state index is 14.3. The van der Waals surface area contributed by atoms with E-state index in [2.05, 4.69) is 0 Å². The Morgan fingerprint density at radius 2 is 1.75 bits per heavy atom. The summed E-state index contributed by atoms with van der Waals surface area (Å²) in [6.07, 6.45) is -0.846. The summed E-state index contributed by atoms with van der Waals surface area (Å²) in [4.78, 5) is 24.6. The zero-order chi connectivity index (χ0) is 17.3. The minimum absolute atomic E-state index is 0.0830. The summed E-state index contributed by atoms with van der Waals surface area (Å²) in [6.45, 7) is -0.249. The molecule has 5 nitrogen and oxygen atoms in total. The van der Waals surface area contributed by atoms with Gasteiger partial charge in [-0.15, -0.1) is 0 Å². The lowest BCUT2D eigenvalue weighted by atomic mass is 9.69. The Morgan fingerprint density at radius 1 is 1.17 bits per heavy atom. The van der Waals surface area contributed by atoms with Crippen LogP contribution in [0, 0.1) is 17.8 Å². The molecule has 1 N–H and O–H groups in total. The van der Waals surface area contributed by atoms with E-state index in [4.69, 9.17) is 9.84 Å². The summed E-state index contributed by atoms with van der Waals surface area (Å²) < 4.78 is 33.7. The first-order valence-electron chi connectivity index (χ1n) is 7.94. The van der Waals surface area contributed by atoms with Crippen molar-refractivity contribution in [1.82, 2.24) is 4.90 Å². The molecule has 24 heavy (non-hydrogen) atoms. The number of likely N-dealkylation sites (tertiary alicyclic amines) is 1. The van der Waals surface area contributed by atoms with Crippen LogP contribution in [0.4, 0.5) is 13.6 Å². The minimum Gasteiger partial charge on any atom is -0.481 e. The van der Waals surface area contributed by atoms with E-state index in [9.17, 15) is 18.4 Å². The zero-order valence-electron chi connectivity index (χ0n) is 13.0. The van der Waals surface area contributed by atoms with Crippen molar-refractivity contribution in [2.45, 2.75) is 25.4 Å². The van der Waals surface area contributed by atoms with Crippen LogP contribution in [-0.2, 0) is 16.1 Å². The molecule has 1 heterocycles. The van der Waals surface area contributed by atoms with Crippen molar-refractivity contribution < 1.29 is 28.2 Å². The van der Waals surface area contributed by atoms with Crippen LogP contribution >= 0.6 is 0 Å². The number of nitrogens with zero attached hydrogens (tertiary/aromatic N) is 1. The van der Waals surface area contributed by atoms with Gasteiger partial charge in [-0.05, 0) is 18.4 Å². The highest BCUT2D eigenvalue weighted by molar-refractivity contribution is 5.71. The number of halogens is 2.